The van der Waals surface area contributed by atoms with Crippen LogP contribution in [0.1, 0.15) is 48.5 Å². The average molecular weight is 287 g/mol. The molecule has 0 atom stereocenters. The number of nitrogens with zero attached hydrogens (tertiary/aromatic N) is 1. The third kappa shape index (κ3) is 12.0. The minimum Gasteiger partial charge on any atom is -0.401 e. The predicted octanol–water partition coefficient (Wildman–Crippen LogP) is 2.28. The van der Waals surface area contributed by atoms with Crippen molar-refractivity contribution in [3.8, 4) is 0 Å². The molecule has 120 valence electrons. The quantitative estimate of drug-likeness (QED) is 0.406. The molecule has 0 bridgehead atoms. The molecule has 0 heterocycles. The van der Waals surface area contributed by atoms with Crippen molar-refractivity contribution in [2.45, 2.75) is 48.5 Å². The highest BCUT2D eigenvalue weighted by molar-refractivity contribution is 5.57. The molecule has 0 saturated carbocycles. The first-order valence-electron chi connectivity index (χ1n) is 7.07. The molecule has 0 aromatic carbocycles. The largest absolute Gasteiger partial charge is 0.401 e. The first-order valence-corrected chi connectivity index (χ1v) is 7.07. The molecule has 4 N–H and O–H groups in total. The van der Waals surface area contributed by atoms with Crippen LogP contribution in [-0.2, 0) is 9.53 Å². The molecule has 0 spiro atoms. The monoisotopic (exact) mass is 287 g/mol. The van der Waals surface area contributed by atoms with E-state index in [0.717, 1.165) is 6.29 Å². The highest BCUT2D eigenvalue weighted by Gasteiger charge is 2.23. The molecule has 0 aliphatic heterocycles. The van der Waals surface area contributed by atoms with E-state index in [9.17, 15) is 4.79 Å². The summed E-state index contributed by atoms with van der Waals surface area (Å²) < 4.78 is 5.59. The third-order valence-corrected chi connectivity index (χ3v) is 2.27. The molecule has 5 heteroatoms. The van der Waals surface area contributed by atoms with E-state index in [1.165, 1.54) is 0 Å². The summed E-state index contributed by atoms with van der Waals surface area (Å²) >= 11 is 0. The fraction of sp³-hybridized carbons (Fsp3) is 0.800. The number of nitrogens with two attached hydrogens (primary N) is 2. The van der Waals surface area contributed by atoms with E-state index in [2.05, 4.69) is 13.8 Å². The van der Waals surface area contributed by atoms with Crippen LogP contribution < -0.4 is 11.6 Å². The summed E-state index contributed by atoms with van der Waals surface area (Å²) in [6.07, 6.45) is 2.60. The van der Waals surface area contributed by atoms with Crippen LogP contribution in [0.5, 0.6) is 0 Å². The Labute approximate surface area is 124 Å². The maximum atomic E-state index is 10.8. The normalized spacial score (nSPS) is 12.5. The number of allylic oxidation sites excluding steroid dienone is 1. The zero-order chi connectivity index (χ0) is 16.4. The summed E-state index contributed by atoms with van der Waals surface area (Å²) in [6.45, 7) is 15.2. The smallest absolute Gasteiger partial charge is 0.127 e. The highest BCUT2D eigenvalue weighted by Crippen LogP contribution is 2.19. The van der Waals surface area contributed by atoms with E-state index >= 15 is 0 Å². The van der Waals surface area contributed by atoms with Crippen molar-refractivity contribution < 1.29 is 9.53 Å². The number of hydrazine groups is 1. The van der Waals surface area contributed by atoms with Gasteiger partial charge in [-0.25, -0.2) is 5.84 Å². The molecule has 0 fully saturated rings. The minimum absolute atomic E-state index is 0.111. The zero-order valence-electron chi connectivity index (χ0n) is 14.2. The first kappa shape index (κ1) is 21.2. The standard InChI is InChI=1S/C13H27N3O2.C2H6/c1-11(14)6-16(15)7-12(2,3)9-18-10-13(4,5)8-17;1-2/h6,8H,7,9-10,14-15H2,1-5H3;1-2H3/b11-6-;. The van der Waals surface area contributed by atoms with Crippen molar-refractivity contribution in [2.24, 2.45) is 22.4 Å². The van der Waals surface area contributed by atoms with E-state index in [1.807, 2.05) is 27.7 Å². The van der Waals surface area contributed by atoms with Crippen LogP contribution in [0.25, 0.3) is 0 Å². The molecular weight excluding hydrogens is 254 g/mol. The van der Waals surface area contributed by atoms with Gasteiger partial charge < -0.3 is 20.3 Å². The number of aldehydes is 1. The Morgan fingerprint density at radius 2 is 1.70 bits per heavy atom. The SMILES string of the molecule is C/C(N)=C/N(N)CC(C)(C)COCC(C)(C)C=O.CC. The molecule has 0 aliphatic carbocycles. The molecule has 0 aliphatic rings. The van der Waals surface area contributed by atoms with Crippen molar-refractivity contribution in [3.63, 3.8) is 0 Å². The second-order valence-corrected chi connectivity index (χ2v) is 6.31. The van der Waals surface area contributed by atoms with Gasteiger partial charge in [0.1, 0.15) is 6.29 Å². The minimum atomic E-state index is -0.438. The van der Waals surface area contributed by atoms with Gasteiger partial charge in [-0.1, -0.05) is 41.5 Å². The molecule has 20 heavy (non-hydrogen) atoms. The Morgan fingerprint density at radius 1 is 1.20 bits per heavy atom. The molecule has 0 unspecified atom stereocenters. The second-order valence-electron chi connectivity index (χ2n) is 6.31. The fourth-order valence-electron chi connectivity index (χ4n) is 1.47. The summed E-state index contributed by atoms with van der Waals surface area (Å²) in [5.41, 5.74) is 5.67. The van der Waals surface area contributed by atoms with Crippen LogP contribution in [0.15, 0.2) is 11.9 Å². The lowest BCUT2D eigenvalue weighted by atomic mass is 9.94. The van der Waals surface area contributed by atoms with Gasteiger partial charge in [-0.15, -0.1) is 0 Å². The van der Waals surface area contributed by atoms with E-state index in [4.69, 9.17) is 16.3 Å². The van der Waals surface area contributed by atoms with Crippen molar-refractivity contribution in [3.05, 3.63) is 11.9 Å². The van der Waals surface area contributed by atoms with Crippen LogP contribution in [0.3, 0.4) is 0 Å². The summed E-state index contributed by atoms with van der Waals surface area (Å²) in [6, 6.07) is 0. The van der Waals surface area contributed by atoms with Gasteiger partial charge in [0.15, 0.2) is 0 Å². The summed E-state index contributed by atoms with van der Waals surface area (Å²) in [5.74, 6) is 5.81. The Kier molecular flexibility index (Phi) is 10.4. The lowest BCUT2D eigenvalue weighted by Crippen LogP contribution is -2.39. The molecule has 0 radical (unpaired) electrons. The summed E-state index contributed by atoms with van der Waals surface area (Å²) in [5, 5.41) is 1.56. The van der Waals surface area contributed by atoms with Gasteiger partial charge >= 0.3 is 0 Å². The van der Waals surface area contributed by atoms with Crippen molar-refractivity contribution in [1.82, 2.24) is 5.01 Å². The Bertz CT molecular complexity index is 295. The maximum absolute atomic E-state index is 10.8. The first-order chi connectivity index (χ1) is 9.08. The number of hydrogen-bond acceptors (Lipinski definition) is 5. The zero-order valence-corrected chi connectivity index (χ0v) is 14.2. The van der Waals surface area contributed by atoms with E-state index in [0.29, 0.717) is 25.5 Å². The number of carbonyl (C=O) groups is 1. The number of ether oxygens (including phenoxy) is 1. The van der Waals surface area contributed by atoms with Crippen molar-refractivity contribution >= 4 is 6.29 Å². The lowest BCUT2D eigenvalue weighted by molar-refractivity contribution is -0.118. The molecule has 0 amide bonds. The molecule has 5 nitrogen and oxygen atoms in total. The number of hydrogen-bond donors (Lipinski definition) is 2. The second kappa shape index (κ2) is 9.77. The topological polar surface area (TPSA) is 81.6 Å². The van der Waals surface area contributed by atoms with Gasteiger partial charge in [-0.2, -0.15) is 0 Å². The lowest BCUT2D eigenvalue weighted by Gasteiger charge is -2.30. The molecule has 0 rings (SSSR count). The van der Waals surface area contributed by atoms with Crippen molar-refractivity contribution in [1.29, 1.82) is 0 Å². The molecule has 0 aromatic heterocycles. The van der Waals surface area contributed by atoms with Crippen LogP contribution in [0, 0.1) is 10.8 Å². The van der Waals surface area contributed by atoms with Gasteiger partial charge in [0.2, 0.25) is 0 Å². The van der Waals surface area contributed by atoms with Gasteiger partial charge in [-0.3, -0.25) is 0 Å². The van der Waals surface area contributed by atoms with Gasteiger partial charge in [-0.05, 0) is 6.92 Å². The highest BCUT2D eigenvalue weighted by atomic mass is 16.5. The summed E-state index contributed by atoms with van der Waals surface area (Å²) in [4.78, 5) is 10.8. The van der Waals surface area contributed by atoms with Crippen LogP contribution in [-0.4, -0.2) is 31.1 Å². The van der Waals surface area contributed by atoms with E-state index in [-0.39, 0.29) is 5.41 Å². The van der Waals surface area contributed by atoms with E-state index < -0.39 is 5.41 Å². The molecule has 0 aromatic rings. The summed E-state index contributed by atoms with van der Waals surface area (Å²) in [7, 11) is 0. The van der Waals surface area contributed by atoms with Gasteiger partial charge in [0, 0.05) is 29.3 Å². The van der Waals surface area contributed by atoms with Crippen molar-refractivity contribution in [2.75, 3.05) is 19.8 Å². The Morgan fingerprint density at radius 3 is 2.10 bits per heavy atom. The number of carbonyl (C=O) groups excluding carboxylic acids is 1. The van der Waals surface area contributed by atoms with Gasteiger partial charge in [0.25, 0.3) is 0 Å². The third-order valence-electron chi connectivity index (χ3n) is 2.27. The molecular formula is C15H33N3O2. The number of rotatable bonds is 8. The fourth-order valence-corrected chi connectivity index (χ4v) is 1.47. The van der Waals surface area contributed by atoms with Crippen LogP contribution >= 0.6 is 0 Å². The van der Waals surface area contributed by atoms with Crippen LogP contribution in [0.4, 0.5) is 0 Å². The van der Waals surface area contributed by atoms with Gasteiger partial charge in [0.05, 0.1) is 13.2 Å². The van der Waals surface area contributed by atoms with E-state index in [1.54, 1.807) is 18.1 Å². The van der Waals surface area contributed by atoms with Crippen LogP contribution in [0.2, 0.25) is 0 Å². The molecule has 0 saturated heterocycles. The Balaban J connectivity index is 0. The average Bonchev–Trinajstić information content (AvgIpc) is 2.29. The Hall–Kier alpha value is -1.07. The maximum Gasteiger partial charge on any atom is 0.127 e. The predicted molar refractivity (Wildman–Crippen MR) is 84.6 cm³/mol.